The van der Waals surface area contributed by atoms with Gasteiger partial charge in [0.15, 0.2) is 0 Å². The van der Waals surface area contributed by atoms with Crippen molar-refractivity contribution in [2.75, 3.05) is 13.1 Å². The zero-order valence-corrected chi connectivity index (χ0v) is 11.4. The van der Waals surface area contributed by atoms with Crippen LogP contribution in [0.1, 0.15) is 39.4 Å². The third kappa shape index (κ3) is 4.92. The van der Waals surface area contributed by atoms with E-state index in [1.165, 1.54) is 0 Å². The van der Waals surface area contributed by atoms with Gasteiger partial charge in [0, 0.05) is 12.6 Å². The molecule has 0 saturated heterocycles. The lowest BCUT2D eigenvalue weighted by Gasteiger charge is -2.27. The van der Waals surface area contributed by atoms with Crippen molar-refractivity contribution in [3.8, 4) is 0 Å². The van der Waals surface area contributed by atoms with E-state index in [1.54, 1.807) is 6.26 Å². The van der Waals surface area contributed by atoms with E-state index in [9.17, 15) is 0 Å². The van der Waals surface area contributed by atoms with Gasteiger partial charge in [0.05, 0.1) is 12.8 Å². The monoisotopic (exact) mass is 238 g/mol. The topological polar surface area (TPSA) is 42.4 Å². The molecule has 0 fully saturated rings. The Morgan fingerprint density at radius 1 is 1.41 bits per heavy atom. The minimum Gasteiger partial charge on any atom is -0.468 e. The summed E-state index contributed by atoms with van der Waals surface area (Å²) in [7, 11) is 0. The predicted molar refractivity (Wildman–Crippen MR) is 71.7 cm³/mol. The summed E-state index contributed by atoms with van der Waals surface area (Å²) in [6, 6.07) is 4.22. The summed E-state index contributed by atoms with van der Waals surface area (Å²) < 4.78 is 5.40. The van der Waals surface area contributed by atoms with Gasteiger partial charge in [0.2, 0.25) is 0 Å². The zero-order valence-electron chi connectivity index (χ0n) is 11.4. The Balaban J connectivity index is 2.48. The fraction of sp³-hybridized carbons (Fsp3) is 0.714. The molecule has 2 N–H and O–H groups in total. The first-order chi connectivity index (χ1) is 8.17. The standard InChI is InChI=1S/C14H26N2O/c1-4-8-16(10-13-7-6-9-17-13)11-14(15)12(3)5-2/h6-7,9,12,14H,4-5,8,10-11,15H2,1-3H3/t12-,14+/m0/s1. The van der Waals surface area contributed by atoms with Gasteiger partial charge in [0.1, 0.15) is 5.76 Å². The smallest absolute Gasteiger partial charge is 0.117 e. The fourth-order valence-electron chi connectivity index (χ4n) is 1.95. The second kappa shape index (κ2) is 7.51. The van der Waals surface area contributed by atoms with Crippen molar-refractivity contribution in [1.82, 2.24) is 4.90 Å². The van der Waals surface area contributed by atoms with Gasteiger partial charge in [0.25, 0.3) is 0 Å². The average molecular weight is 238 g/mol. The van der Waals surface area contributed by atoms with Crippen LogP contribution < -0.4 is 5.73 Å². The van der Waals surface area contributed by atoms with Gasteiger partial charge in [-0.05, 0) is 31.0 Å². The Kier molecular flexibility index (Phi) is 6.30. The van der Waals surface area contributed by atoms with E-state index in [-0.39, 0.29) is 6.04 Å². The summed E-state index contributed by atoms with van der Waals surface area (Å²) in [4.78, 5) is 2.38. The minimum absolute atomic E-state index is 0.251. The number of hydrogen-bond donors (Lipinski definition) is 1. The molecule has 0 aliphatic rings. The van der Waals surface area contributed by atoms with Crippen molar-refractivity contribution < 1.29 is 4.42 Å². The summed E-state index contributed by atoms with van der Waals surface area (Å²) in [5, 5.41) is 0. The maximum atomic E-state index is 6.22. The highest BCUT2D eigenvalue weighted by Gasteiger charge is 2.15. The lowest BCUT2D eigenvalue weighted by atomic mass is 9.99. The molecule has 0 radical (unpaired) electrons. The molecule has 1 aromatic rings. The van der Waals surface area contributed by atoms with Crippen LogP contribution >= 0.6 is 0 Å². The molecule has 1 rings (SSSR count). The maximum Gasteiger partial charge on any atom is 0.117 e. The maximum absolute atomic E-state index is 6.22. The Hall–Kier alpha value is -0.800. The Bertz CT molecular complexity index is 284. The number of nitrogens with two attached hydrogens (primary N) is 1. The molecule has 1 heterocycles. The van der Waals surface area contributed by atoms with E-state index in [2.05, 4.69) is 25.7 Å². The van der Waals surface area contributed by atoms with E-state index in [0.29, 0.717) is 5.92 Å². The van der Waals surface area contributed by atoms with Crippen molar-refractivity contribution >= 4 is 0 Å². The molecule has 3 nitrogen and oxygen atoms in total. The third-order valence-corrected chi connectivity index (χ3v) is 3.34. The minimum atomic E-state index is 0.251. The molecule has 17 heavy (non-hydrogen) atoms. The molecular weight excluding hydrogens is 212 g/mol. The number of nitrogens with zero attached hydrogens (tertiary/aromatic N) is 1. The van der Waals surface area contributed by atoms with Crippen LogP contribution in [0.5, 0.6) is 0 Å². The molecule has 0 saturated carbocycles. The molecule has 0 amide bonds. The third-order valence-electron chi connectivity index (χ3n) is 3.34. The van der Waals surface area contributed by atoms with Gasteiger partial charge < -0.3 is 10.2 Å². The molecule has 3 heteroatoms. The van der Waals surface area contributed by atoms with Crippen LogP contribution in [0, 0.1) is 5.92 Å². The molecule has 0 aliphatic heterocycles. The molecule has 98 valence electrons. The van der Waals surface area contributed by atoms with Crippen LogP contribution in [0.25, 0.3) is 0 Å². The lowest BCUT2D eigenvalue weighted by Crippen LogP contribution is -2.41. The Morgan fingerprint density at radius 2 is 2.18 bits per heavy atom. The van der Waals surface area contributed by atoms with Gasteiger partial charge in [-0.15, -0.1) is 0 Å². The van der Waals surface area contributed by atoms with Gasteiger partial charge in [-0.25, -0.2) is 0 Å². The molecule has 0 spiro atoms. The number of furan rings is 1. The molecular formula is C14H26N2O. The zero-order chi connectivity index (χ0) is 12.7. The van der Waals surface area contributed by atoms with E-state index in [4.69, 9.17) is 10.2 Å². The highest BCUT2D eigenvalue weighted by atomic mass is 16.3. The van der Waals surface area contributed by atoms with Crippen LogP contribution in [0.2, 0.25) is 0 Å². The second-order valence-corrected chi connectivity index (χ2v) is 4.86. The molecule has 0 aliphatic carbocycles. The van der Waals surface area contributed by atoms with Gasteiger partial charge in [-0.3, -0.25) is 4.90 Å². The summed E-state index contributed by atoms with van der Waals surface area (Å²) in [6.45, 7) is 9.51. The first-order valence-electron chi connectivity index (χ1n) is 6.67. The summed E-state index contributed by atoms with van der Waals surface area (Å²) >= 11 is 0. The summed E-state index contributed by atoms with van der Waals surface area (Å²) in [6.07, 6.45) is 4.02. The van der Waals surface area contributed by atoms with Crippen molar-refractivity contribution in [1.29, 1.82) is 0 Å². The normalized spacial score (nSPS) is 15.1. The van der Waals surface area contributed by atoms with E-state index >= 15 is 0 Å². The van der Waals surface area contributed by atoms with Crippen molar-refractivity contribution in [2.24, 2.45) is 11.7 Å². The SMILES string of the molecule is CCCN(Cc1ccco1)C[C@@H](N)[C@@H](C)CC. The molecule has 0 unspecified atom stereocenters. The largest absolute Gasteiger partial charge is 0.468 e. The van der Waals surface area contributed by atoms with Crippen LogP contribution in [0.3, 0.4) is 0 Å². The van der Waals surface area contributed by atoms with Gasteiger partial charge in [-0.1, -0.05) is 27.2 Å². The first-order valence-corrected chi connectivity index (χ1v) is 6.67. The molecule has 1 aromatic heterocycles. The Labute approximate surface area is 105 Å². The highest BCUT2D eigenvalue weighted by molar-refractivity contribution is 4.98. The lowest BCUT2D eigenvalue weighted by molar-refractivity contribution is 0.210. The van der Waals surface area contributed by atoms with E-state index in [0.717, 1.165) is 38.2 Å². The summed E-state index contributed by atoms with van der Waals surface area (Å²) in [5.41, 5.74) is 6.22. The van der Waals surface area contributed by atoms with Crippen LogP contribution in [-0.2, 0) is 6.54 Å². The molecule has 2 atom stereocenters. The summed E-state index contributed by atoms with van der Waals surface area (Å²) in [5.74, 6) is 1.60. The first kappa shape index (κ1) is 14.3. The Morgan fingerprint density at radius 3 is 2.71 bits per heavy atom. The van der Waals surface area contributed by atoms with E-state index < -0.39 is 0 Å². The predicted octanol–water partition coefficient (Wildman–Crippen LogP) is 2.87. The van der Waals surface area contributed by atoms with Gasteiger partial charge in [-0.2, -0.15) is 0 Å². The quantitative estimate of drug-likeness (QED) is 0.757. The number of rotatable bonds is 8. The van der Waals surface area contributed by atoms with Crippen molar-refractivity contribution in [3.05, 3.63) is 24.2 Å². The van der Waals surface area contributed by atoms with Crippen LogP contribution in [0.4, 0.5) is 0 Å². The molecule has 0 bridgehead atoms. The van der Waals surface area contributed by atoms with Crippen LogP contribution in [-0.4, -0.2) is 24.0 Å². The van der Waals surface area contributed by atoms with Crippen molar-refractivity contribution in [3.63, 3.8) is 0 Å². The average Bonchev–Trinajstić information content (AvgIpc) is 2.81. The fourth-order valence-corrected chi connectivity index (χ4v) is 1.95. The second-order valence-electron chi connectivity index (χ2n) is 4.86. The van der Waals surface area contributed by atoms with Crippen molar-refractivity contribution in [2.45, 2.75) is 46.2 Å². The highest BCUT2D eigenvalue weighted by Crippen LogP contribution is 2.11. The number of hydrogen-bond acceptors (Lipinski definition) is 3. The molecule has 0 aromatic carbocycles. The van der Waals surface area contributed by atoms with E-state index in [1.807, 2.05) is 12.1 Å². The van der Waals surface area contributed by atoms with Crippen LogP contribution in [0.15, 0.2) is 22.8 Å². The van der Waals surface area contributed by atoms with Gasteiger partial charge >= 0.3 is 0 Å².